The number of rotatable bonds is 3. The zero-order valence-corrected chi connectivity index (χ0v) is 11.1. The van der Waals surface area contributed by atoms with Crippen molar-refractivity contribution in [2.24, 2.45) is 11.8 Å². The Labute approximate surface area is 100 Å². The molecule has 16 heavy (non-hydrogen) atoms. The molecule has 0 spiro atoms. The highest BCUT2D eigenvalue weighted by atomic mass is 16.5. The van der Waals surface area contributed by atoms with Gasteiger partial charge in [-0.3, -0.25) is 0 Å². The van der Waals surface area contributed by atoms with Gasteiger partial charge >= 0.3 is 0 Å². The second kappa shape index (κ2) is 5.05. The summed E-state index contributed by atoms with van der Waals surface area (Å²) in [5.74, 6) is 1.61. The summed E-state index contributed by atoms with van der Waals surface area (Å²) in [4.78, 5) is 0. The van der Waals surface area contributed by atoms with Gasteiger partial charge in [-0.1, -0.05) is 12.8 Å². The van der Waals surface area contributed by atoms with E-state index in [2.05, 4.69) is 26.1 Å². The number of hydrogen-bond donors (Lipinski definition) is 1. The van der Waals surface area contributed by atoms with Crippen molar-refractivity contribution in [1.29, 1.82) is 0 Å². The van der Waals surface area contributed by atoms with Crippen molar-refractivity contribution in [3.63, 3.8) is 0 Å². The van der Waals surface area contributed by atoms with E-state index in [1.165, 1.54) is 32.1 Å². The SMILES string of the molecule is CC(C)(C)NCC1CCOC1C1CCCC1. The smallest absolute Gasteiger partial charge is 0.0644 e. The number of nitrogens with one attached hydrogen (secondary N) is 1. The molecule has 0 amide bonds. The van der Waals surface area contributed by atoms with Crippen LogP contribution in [0.4, 0.5) is 0 Å². The first-order valence-electron chi connectivity index (χ1n) is 6.93. The van der Waals surface area contributed by atoms with Gasteiger partial charge < -0.3 is 10.1 Å². The van der Waals surface area contributed by atoms with Crippen LogP contribution in [0.2, 0.25) is 0 Å². The predicted octanol–water partition coefficient (Wildman–Crippen LogP) is 2.97. The van der Waals surface area contributed by atoms with Crippen LogP contribution in [0, 0.1) is 11.8 Å². The summed E-state index contributed by atoms with van der Waals surface area (Å²) in [5, 5.41) is 3.64. The van der Waals surface area contributed by atoms with Crippen molar-refractivity contribution in [2.75, 3.05) is 13.2 Å². The molecule has 2 unspecified atom stereocenters. The normalized spacial score (nSPS) is 32.4. The standard InChI is InChI=1S/C14H27NO/c1-14(2,3)15-10-12-8-9-16-13(12)11-6-4-5-7-11/h11-13,15H,4-10H2,1-3H3. The minimum Gasteiger partial charge on any atom is -0.378 e. The molecule has 2 rings (SSSR count). The maximum absolute atomic E-state index is 5.97. The lowest BCUT2D eigenvalue weighted by atomic mass is 9.89. The van der Waals surface area contributed by atoms with E-state index in [1.807, 2.05) is 0 Å². The Morgan fingerprint density at radius 3 is 2.44 bits per heavy atom. The molecule has 2 atom stereocenters. The van der Waals surface area contributed by atoms with E-state index in [4.69, 9.17) is 4.74 Å². The lowest BCUT2D eigenvalue weighted by Crippen LogP contribution is -2.42. The zero-order chi connectivity index (χ0) is 11.6. The monoisotopic (exact) mass is 225 g/mol. The third kappa shape index (κ3) is 3.21. The van der Waals surface area contributed by atoms with E-state index >= 15 is 0 Å². The average molecular weight is 225 g/mol. The van der Waals surface area contributed by atoms with Gasteiger partial charge in [0.1, 0.15) is 0 Å². The number of hydrogen-bond acceptors (Lipinski definition) is 2. The van der Waals surface area contributed by atoms with Gasteiger partial charge in [0.15, 0.2) is 0 Å². The summed E-state index contributed by atoms with van der Waals surface area (Å²) in [5.41, 5.74) is 0.239. The minimum absolute atomic E-state index is 0.239. The van der Waals surface area contributed by atoms with E-state index in [9.17, 15) is 0 Å². The van der Waals surface area contributed by atoms with Crippen LogP contribution in [-0.4, -0.2) is 24.8 Å². The Morgan fingerprint density at radius 1 is 1.12 bits per heavy atom. The highest BCUT2D eigenvalue weighted by molar-refractivity contribution is 4.87. The van der Waals surface area contributed by atoms with Gasteiger partial charge in [-0.2, -0.15) is 0 Å². The van der Waals surface area contributed by atoms with Gasteiger partial charge in [-0.05, 0) is 46.0 Å². The lowest BCUT2D eigenvalue weighted by Gasteiger charge is -2.28. The van der Waals surface area contributed by atoms with Crippen molar-refractivity contribution in [2.45, 2.75) is 64.5 Å². The van der Waals surface area contributed by atoms with E-state index in [1.54, 1.807) is 0 Å². The average Bonchev–Trinajstić information content (AvgIpc) is 2.84. The summed E-state index contributed by atoms with van der Waals surface area (Å²) in [6.07, 6.45) is 7.45. The molecular weight excluding hydrogens is 198 g/mol. The van der Waals surface area contributed by atoms with Gasteiger partial charge in [0, 0.05) is 24.6 Å². The van der Waals surface area contributed by atoms with Crippen LogP contribution < -0.4 is 5.32 Å². The molecule has 1 aliphatic carbocycles. The third-order valence-corrected chi connectivity index (χ3v) is 4.02. The highest BCUT2D eigenvalue weighted by Gasteiger charge is 2.36. The van der Waals surface area contributed by atoms with Crippen molar-refractivity contribution >= 4 is 0 Å². The van der Waals surface area contributed by atoms with Crippen LogP contribution in [0.3, 0.4) is 0 Å². The highest BCUT2D eigenvalue weighted by Crippen LogP contribution is 2.36. The summed E-state index contributed by atoms with van der Waals surface area (Å²) in [6, 6.07) is 0. The van der Waals surface area contributed by atoms with Gasteiger partial charge in [-0.25, -0.2) is 0 Å². The largest absolute Gasteiger partial charge is 0.378 e. The van der Waals surface area contributed by atoms with Crippen LogP contribution in [0.25, 0.3) is 0 Å². The Kier molecular flexibility index (Phi) is 3.91. The molecule has 1 heterocycles. The van der Waals surface area contributed by atoms with Gasteiger partial charge in [0.2, 0.25) is 0 Å². The maximum Gasteiger partial charge on any atom is 0.0644 e. The molecule has 2 aliphatic rings. The number of ether oxygens (including phenoxy) is 1. The molecule has 2 heteroatoms. The van der Waals surface area contributed by atoms with Crippen LogP contribution in [0.15, 0.2) is 0 Å². The quantitative estimate of drug-likeness (QED) is 0.797. The van der Waals surface area contributed by atoms with E-state index in [-0.39, 0.29) is 5.54 Å². The zero-order valence-electron chi connectivity index (χ0n) is 11.1. The van der Waals surface area contributed by atoms with E-state index < -0.39 is 0 Å². The third-order valence-electron chi connectivity index (χ3n) is 4.02. The fourth-order valence-electron chi connectivity index (χ4n) is 3.12. The molecule has 1 saturated heterocycles. The molecule has 0 aromatic heterocycles. The first kappa shape index (κ1) is 12.4. The van der Waals surface area contributed by atoms with Gasteiger partial charge in [-0.15, -0.1) is 0 Å². The van der Waals surface area contributed by atoms with Crippen molar-refractivity contribution in [3.8, 4) is 0 Å². The molecule has 1 aliphatic heterocycles. The molecule has 1 N–H and O–H groups in total. The Bertz CT molecular complexity index is 215. The van der Waals surface area contributed by atoms with Crippen molar-refractivity contribution in [1.82, 2.24) is 5.32 Å². The van der Waals surface area contributed by atoms with Gasteiger partial charge in [0.25, 0.3) is 0 Å². The van der Waals surface area contributed by atoms with E-state index in [0.29, 0.717) is 6.10 Å². The molecule has 0 aromatic carbocycles. The molecule has 2 nitrogen and oxygen atoms in total. The Hall–Kier alpha value is -0.0800. The minimum atomic E-state index is 0.239. The van der Waals surface area contributed by atoms with Crippen LogP contribution in [-0.2, 0) is 4.74 Å². The molecule has 0 radical (unpaired) electrons. The molecule has 2 fully saturated rings. The van der Waals surface area contributed by atoms with Crippen LogP contribution >= 0.6 is 0 Å². The fourth-order valence-corrected chi connectivity index (χ4v) is 3.12. The first-order chi connectivity index (χ1) is 7.56. The second-order valence-electron chi connectivity index (χ2n) is 6.56. The van der Waals surface area contributed by atoms with Crippen molar-refractivity contribution < 1.29 is 4.74 Å². The van der Waals surface area contributed by atoms with Crippen LogP contribution in [0.1, 0.15) is 52.9 Å². The maximum atomic E-state index is 5.97. The predicted molar refractivity (Wildman–Crippen MR) is 67.6 cm³/mol. The van der Waals surface area contributed by atoms with Crippen LogP contribution in [0.5, 0.6) is 0 Å². The fraction of sp³-hybridized carbons (Fsp3) is 1.00. The summed E-state index contributed by atoms with van der Waals surface area (Å²) < 4.78 is 5.97. The van der Waals surface area contributed by atoms with Gasteiger partial charge in [0.05, 0.1) is 6.10 Å². The molecule has 0 aromatic rings. The summed E-state index contributed by atoms with van der Waals surface area (Å²) in [6.45, 7) is 8.84. The Morgan fingerprint density at radius 2 is 1.81 bits per heavy atom. The summed E-state index contributed by atoms with van der Waals surface area (Å²) in [7, 11) is 0. The molecular formula is C14H27NO. The molecule has 1 saturated carbocycles. The van der Waals surface area contributed by atoms with Crippen molar-refractivity contribution in [3.05, 3.63) is 0 Å². The lowest BCUT2D eigenvalue weighted by molar-refractivity contribution is 0.0425. The summed E-state index contributed by atoms with van der Waals surface area (Å²) >= 11 is 0. The van der Waals surface area contributed by atoms with E-state index in [0.717, 1.165) is 25.0 Å². The molecule has 94 valence electrons. The topological polar surface area (TPSA) is 21.3 Å². The Balaban J connectivity index is 1.83. The first-order valence-corrected chi connectivity index (χ1v) is 6.93. The molecule has 0 bridgehead atoms. The second-order valence-corrected chi connectivity index (χ2v) is 6.56.